The molecule has 2 aromatic rings. The molecule has 0 fully saturated rings. The number of nitrogens with zero attached hydrogens (tertiary/aromatic N) is 2. The topological polar surface area (TPSA) is 41.9 Å². The number of anilines is 1. The van der Waals surface area contributed by atoms with Crippen LogP contribution >= 0.6 is 12.2 Å². The molecule has 124 valence electrons. The molecule has 0 saturated carbocycles. The molecule has 0 spiro atoms. The highest BCUT2D eigenvalue weighted by Gasteiger charge is 2.34. The zero-order chi connectivity index (χ0) is 16.9. The van der Waals surface area contributed by atoms with Crippen LogP contribution in [0.1, 0.15) is 17.8 Å². The number of hydrogen-bond acceptors (Lipinski definition) is 2. The Morgan fingerprint density at radius 1 is 1.26 bits per heavy atom. The number of rotatable bonds is 5. The standard InChI is InChI=1S/C15H17F3N4S/c1-11-10-13(15(16,17)18)21-22(11)9-5-8-19-14(23)20-12-6-3-2-4-7-12/h2-4,6-7,10H,5,8-9H2,1H3,(H2,19,20,23). The van der Waals surface area contributed by atoms with Crippen LogP contribution in [0.3, 0.4) is 0 Å². The van der Waals surface area contributed by atoms with E-state index < -0.39 is 11.9 Å². The fourth-order valence-electron chi connectivity index (χ4n) is 2.00. The van der Waals surface area contributed by atoms with E-state index in [9.17, 15) is 13.2 Å². The van der Waals surface area contributed by atoms with Crippen molar-refractivity contribution in [1.29, 1.82) is 0 Å². The zero-order valence-electron chi connectivity index (χ0n) is 12.5. The first-order chi connectivity index (χ1) is 10.9. The summed E-state index contributed by atoms with van der Waals surface area (Å²) in [5.74, 6) is 0. The molecular weight excluding hydrogens is 325 g/mol. The molecule has 0 bridgehead atoms. The summed E-state index contributed by atoms with van der Waals surface area (Å²) in [6.07, 6.45) is -3.80. The van der Waals surface area contributed by atoms with E-state index in [0.717, 1.165) is 11.8 Å². The van der Waals surface area contributed by atoms with Gasteiger partial charge in [-0.1, -0.05) is 18.2 Å². The second-order valence-electron chi connectivity index (χ2n) is 4.99. The quantitative estimate of drug-likeness (QED) is 0.644. The summed E-state index contributed by atoms with van der Waals surface area (Å²) in [6, 6.07) is 10.5. The molecule has 0 atom stereocenters. The lowest BCUT2D eigenvalue weighted by atomic mass is 10.3. The summed E-state index contributed by atoms with van der Waals surface area (Å²) < 4.78 is 39.1. The van der Waals surface area contributed by atoms with E-state index in [4.69, 9.17) is 12.2 Å². The number of thiocarbonyl (C=S) groups is 1. The minimum absolute atomic E-state index is 0.392. The Balaban J connectivity index is 1.75. The maximum absolute atomic E-state index is 12.6. The predicted molar refractivity (Wildman–Crippen MR) is 87.2 cm³/mol. The molecular formula is C15H17F3N4S. The fraction of sp³-hybridized carbons (Fsp3) is 0.333. The molecule has 1 heterocycles. The number of alkyl halides is 3. The number of halogens is 3. The Morgan fingerprint density at radius 3 is 2.57 bits per heavy atom. The average molecular weight is 342 g/mol. The van der Waals surface area contributed by atoms with Crippen molar-refractivity contribution in [2.75, 3.05) is 11.9 Å². The van der Waals surface area contributed by atoms with Crippen molar-refractivity contribution in [3.63, 3.8) is 0 Å². The van der Waals surface area contributed by atoms with Gasteiger partial charge in [0.05, 0.1) is 0 Å². The molecule has 0 saturated heterocycles. The second kappa shape index (κ2) is 7.45. The Hall–Kier alpha value is -2.09. The van der Waals surface area contributed by atoms with E-state index in [-0.39, 0.29) is 0 Å². The number of benzene rings is 1. The van der Waals surface area contributed by atoms with Gasteiger partial charge in [0.2, 0.25) is 0 Å². The van der Waals surface area contributed by atoms with Crippen molar-refractivity contribution >= 4 is 23.0 Å². The summed E-state index contributed by atoms with van der Waals surface area (Å²) in [4.78, 5) is 0. The van der Waals surface area contributed by atoms with E-state index in [0.29, 0.717) is 30.3 Å². The molecule has 0 amide bonds. The molecule has 1 aromatic heterocycles. The SMILES string of the molecule is Cc1cc(C(F)(F)F)nn1CCCNC(=S)Nc1ccccc1. The highest BCUT2D eigenvalue weighted by atomic mass is 32.1. The summed E-state index contributed by atoms with van der Waals surface area (Å²) in [6.45, 7) is 2.54. The van der Waals surface area contributed by atoms with Gasteiger partial charge in [-0.05, 0) is 43.8 Å². The van der Waals surface area contributed by atoms with E-state index in [2.05, 4.69) is 15.7 Å². The van der Waals surface area contributed by atoms with Gasteiger partial charge in [0, 0.05) is 24.5 Å². The minimum atomic E-state index is -4.41. The Kier molecular flexibility index (Phi) is 5.59. The smallest absolute Gasteiger partial charge is 0.362 e. The minimum Gasteiger partial charge on any atom is -0.362 e. The second-order valence-corrected chi connectivity index (χ2v) is 5.40. The molecule has 2 N–H and O–H groups in total. The Morgan fingerprint density at radius 2 is 1.96 bits per heavy atom. The Bertz CT molecular complexity index is 652. The number of aromatic nitrogens is 2. The summed E-state index contributed by atoms with van der Waals surface area (Å²) in [5, 5.41) is 10.1. The average Bonchev–Trinajstić information content (AvgIpc) is 2.86. The van der Waals surface area contributed by atoms with Gasteiger partial charge in [0.1, 0.15) is 0 Å². The van der Waals surface area contributed by atoms with Crippen molar-refractivity contribution < 1.29 is 13.2 Å². The van der Waals surface area contributed by atoms with Crippen LogP contribution in [0, 0.1) is 6.92 Å². The van der Waals surface area contributed by atoms with Crippen LogP contribution < -0.4 is 10.6 Å². The van der Waals surface area contributed by atoms with Crippen LogP contribution in [0.2, 0.25) is 0 Å². The predicted octanol–water partition coefficient (Wildman–Crippen LogP) is 3.59. The molecule has 0 radical (unpaired) electrons. The molecule has 0 aliphatic heterocycles. The fourth-order valence-corrected chi connectivity index (χ4v) is 2.22. The van der Waals surface area contributed by atoms with Crippen molar-refractivity contribution in [2.45, 2.75) is 26.1 Å². The Labute approximate surface area is 137 Å². The molecule has 0 unspecified atom stereocenters. The van der Waals surface area contributed by atoms with Gasteiger partial charge < -0.3 is 10.6 Å². The lowest BCUT2D eigenvalue weighted by molar-refractivity contribution is -0.141. The van der Waals surface area contributed by atoms with Crippen molar-refractivity contribution in [3.8, 4) is 0 Å². The van der Waals surface area contributed by atoms with Crippen molar-refractivity contribution in [2.24, 2.45) is 0 Å². The number of para-hydroxylation sites is 1. The van der Waals surface area contributed by atoms with Crippen LogP contribution in [0.15, 0.2) is 36.4 Å². The monoisotopic (exact) mass is 342 g/mol. The first kappa shape index (κ1) is 17.3. The summed E-state index contributed by atoms with van der Waals surface area (Å²) >= 11 is 5.15. The van der Waals surface area contributed by atoms with Crippen LogP contribution in [0.5, 0.6) is 0 Å². The molecule has 23 heavy (non-hydrogen) atoms. The highest BCUT2D eigenvalue weighted by molar-refractivity contribution is 7.80. The molecule has 1 aromatic carbocycles. The van der Waals surface area contributed by atoms with Gasteiger partial charge in [-0.25, -0.2) is 0 Å². The highest BCUT2D eigenvalue weighted by Crippen LogP contribution is 2.28. The van der Waals surface area contributed by atoms with Crippen LogP contribution in [0.25, 0.3) is 0 Å². The normalized spacial score (nSPS) is 11.3. The molecule has 2 rings (SSSR count). The molecule has 0 aliphatic carbocycles. The van der Waals surface area contributed by atoms with Crippen LogP contribution in [-0.2, 0) is 12.7 Å². The number of aryl methyl sites for hydroxylation is 2. The van der Waals surface area contributed by atoms with Gasteiger partial charge in [-0.3, -0.25) is 4.68 Å². The van der Waals surface area contributed by atoms with E-state index in [1.54, 1.807) is 6.92 Å². The molecule has 8 heteroatoms. The van der Waals surface area contributed by atoms with Gasteiger partial charge >= 0.3 is 6.18 Å². The molecule has 0 aliphatic rings. The maximum atomic E-state index is 12.6. The van der Waals surface area contributed by atoms with Crippen LogP contribution in [-0.4, -0.2) is 21.4 Å². The van der Waals surface area contributed by atoms with E-state index >= 15 is 0 Å². The van der Waals surface area contributed by atoms with Gasteiger partial charge in [0.25, 0.3) is 0 Å². The zero-order valence-corrected chi connectivity index (χ0v) is 13.3. The molecule has 4 nitrogen and oxygen atoms in total. The third-order valence-corrected chi connectivity index (χ3v) is 3.38. The number of nitrogens with one attached hydrogen (secondary N) is 2. The van der Waals surface area contributed by atoms with Crippen molar-refractivity contribution in [3.05, 3.63) is 47.8 Å². The summed E-state index contributed by atoms with van der Waals surface area (Å²) in [7, 11) is 0. The largest absolute Gasteiger partial charge is 0.435 e. The van der Waals surface area contributed by atoms with Gasteiger partial charge in [0.15, 0.2) is 10.8 Å². The van der Waals surface area contributed by atoms with E-state index in [1.165, 1.54) is 4.68 Å². The van der Waals surface area contributed by atoms with E-state index in [1.807, 2.05) is 30.3 Å². The lowest BCUT2D eigenvalue weighted by Crippen LogP contribution is -2.29. The third-order valence-electron chi connectivity index (χ3n) is 3.14. The first-order valence-electron chi connectivity index (χ1n) is 7.08. The number of hydrogen-bond donors (Lipinski definition) is 2. The van der Waals surface area contributed by atoms with Gasteiger partial charge in [-0.2, -0.15) is 18.3 Å². The van der Waals surface area contributed by atoms with Gasteiger partial charge in [-0.15, -0.1) is 0 Å². The third kappa shape index (κ3) is 5.24. The van der Waals surface area contributed by atoms with Crippen LogP contribution in [0.4, 0.5) is 18.9 Å². The summed E-state index contributed by atoms with van der Waals surface area (Å²) in [5.41, 5.74) is 0.509. The van der Waals surface area contributed by atoms with Crippen molar-refractivity contribution in [1.82, 2.24) is 15.1 Å². The first-order valence-corrected chi connectivity index (χ1v) is 7.48. The lowest BCUT2D eigenvalue weighted by Gasteiger charge is -2.10. The maximum Gasteiger partial charge on any atom is 0.435 e.